The second-order valence-corrected chi connectivity index (χ2v) is 5.65. The van der Waals surface area contributed by atoms with Gasteiger partial charge in [0.2, 0.25) is 0 Å². The minimum Gasteiger partial charge on any atom is -0.384 e. The highest BCUT2D eigenvalue weighted by atomic mass is 16.5. The van der Waals surface area contributed by atoms with E-state index in [1.54, 1.807) is 7.11 Å². The van der Waals surface area contributed by atoms with E-state index in [9.17, 15) is 0 Å². The fourth-order valence-electron chi connectivity index (χ4n) is 2.84. The quantitative estimate of drug-likeness (QED) is 0.919. The maximum Gasteiger partial charge on any atom is 0.0662 e. The van der Waals surface area contributed by atoms with Crippen LogP contribution in [-0.4, -0.2) is 33.5 Å². The Morgan fingerprint density at radius 1 is 1.14 bits per heavy atom. The molecule has 1 heterocycles. The highest BCUT2D eigenvalue weighted by molar-refractivity contribution is 5.65. The average molecular weight is 297 g/mol. The fraction of sp³-hybridized carbons (Fsp3) is 0.368. The van der Waals surface area contributed by atoms with E-state index in [0.717, 1.165) is 32.8 Å². The van der Waals surface area contributed by atoms with Gasteiger partial charge in [-0.2, -0.15) is 0 Å². The molecule has 22 heavy (non-hydrogen) atoms. The number of benzene rings is 2. The Balaban J connectivity index is 1.82. The molecule has 0 amide bonds. The molecular formula is C19H23NO2. The lowest BCUT2D eigenvalue weighted by Crippen LogP contribution is -2.34. The molecule has 3 nitrogen and oxygen atoms in total. The molecule has 116 valence electrons. The molecule has 0 radical (unpaired) electrons. The maximum atomic E-state index is 5.57. The number of nitrogens with one attached hydrogen (secondary N) is 1. The summed E-state index contributed by atoms with van der Waals surface area (Å²) in [5.41, 5.74) is 5.11. The van der Waals surface area contributed by atoms with Crippen molar-refractivity contribution in [1.29, 1.82) is 0 Å². The fourth-order valence-corrected chi connectivity index (χ4v) is 2.84. The predicted molar refractivity (Wildman–Crippen MR) is 89.0 cm³/mol. The van der Waals surface area contributed by atoms with Gasteiger partial charge in [-0.25, -0.2) is 0 Å². The first kappa shape index (κ1) is 15.2. The Morgan fingerprint density at radius 3 is 2.73 bits per heavy atom. The van der Waals surface area contributed by atoms with Gasteiger partial charge in [0, 0.05) is 13.7 Å². The van der Waals surface area contributed by atoms with Crippen molar-refractivity contribution >= 4 is 0 Å². The van der Waals surface area contributed by atoms with Gasteiger partial charge >= 0.3 is 0 Å². The lowest BCUT2D eigenvalue weighted by molar-refractivity contribution is 0.0769. The maximum absolute atomic E-state index is 5.57. The molecule has 3 rings (SSSR count). The Morgan fingerprint density at radius 2 is 1.95 bits per heavy atom. The van der Waals surface area contributed by atoms with Crippen LogP contribution in [0.25, 0.3) is 11.1 Å². The summed E-state index contributed by atoms with van der Waals surface area (Å²) in [4.78, 5) is 0. The van der Waals surface area contributed by atoms with E-state index >= 15 is 0 Å². The number of ether oxygens (including phenoxy) is 2. The molecule has 1 unspecified atom stereocenters. The van der Waals surface area contributed by atoms with Crippen molar-refractivity contribution in [1.82, 2.24) is 5.32 Å². The van der Waals surface area contributed by atoms with Crippen molar-refractivity contribution < 1.29 is 9.47 Å². The Kier molecular flexibility index (Phi) is 5.22. The second-order valence-electron chi connectivity index (χ2n) is 5.65. The average Bonchev–Trinajstić information content (AvgIpc) is 2.61. The molecule has 1 atom stereocenters. The van der Waals surface area contributed by atoms with Crippen LogP contribution in [0.1, 0.15) is 17.2 Å². The van der Waals surface area contributed by atoms with Gasteiger partial charge in [0.05, 0.1) is 25.9 Å². The number of methoxy groups -OCH3 is 1. The van der Waals surface area contributed by atoms with E-state index < -0.39 is 0 Å². The molecule has 0 saturated carbocycles. The standard InChI is InChI=1S/C19H23NO2/c1-21-10-8-15-4-2-5-16(12-15)17-6-3-7-18(13-17)19-14-22-11-9-20-19/h2-7,12-13,19-20H,8-11,14H2,1H3. The van der Waals surface area contributed by atoms with E-state index in [0.29, 0.717) is 6.04 Å². The van der Waals surface area contributed by atoms with Gasteiger partial charge < -0.3 is 14.8 Å². The molecule has 2 aromatic rings. The van der Waals surface area contributed by atoms with Gasteiger partial charge in [-0.3, -0.25) is 0 Å². The normalized spacial score (nSPS) is 18.3. The Hall–Kier alpha value is -1.68. The van der Waals surface area contributed by atoms with Crippen molar-refractivity contribution in [2.45, 2.75) is 12.5 Å². The molecule has 1 fully saturated rings. The molecule has 0 spiro atoms. The van der Waals surface area contributed by atoms with Gasteiger partial charge in [-0.15, -0.1) is 0 Å². The largest absolute Gasteiger partial charge is 0.384 e. The van der Waals surface area contributed by atoms with E-state index in [1.807, 2.05) is 0 Å². The SMILES string of the molecule is COCCc1cccc(-c2cccc(C3COCCN3)c2)c1. The van der Waals surface area contributed by atoms with E-state index in [1.165, 1.54) is 22.3 Å². The summed E-state index contributed by atoms with van der Waals surface area (Å²) in [5.74, 6) is 0. The van der Waals surface area contributed by atoms with Crippen molar-refractivity contribution in [3.63, 3.8) is 0 Å². The highest BCUT2D eigenvalue weighted by Crippen LogP contribution is 2.25. The van der Waals surface area contributed by atoms with Gasteiger partial charge in [0.15, 0.2) is 0 Å². The summed E-state index contributed by atoms with van der Waals surface area (Å²) in [6.45, 7) is 3.23. The first-order valence-corrected chi connectivity index (χ1v) is 7.86. The smallest absolute Gasteiger partial charge is 0.0662 e. The van der Waals surface area contributed by atoms with Crippen molar-refractivity contribution in [2.24, 2.45) is 0 Å². The zero-order valence-corrected chi connectivity index (χ0v) is 13.0. The van der Waals surface area contributed by atoms with Crippen LogP contribution in [-0.2, 0) is 15.9 Å². The first-order valence-electron chi connectivity index (χ1n) is 7.86. The third-order valence-electron chi connectivity index (χ3n) is 4.07. The van der Waals surface area contributed by atoms with Crippen molar-refractivity contribution in [3.05, 3.63) is 59.7 Å². The van der Waals surface area contributed by atoms with Crippen molar-refractivity contribution in [3.8, 4) is 11.1 Å². The van der Waals surface area contributed by atoms with Gasteiger partial charge in [-0.1, -0.05) is 42.5 Å². The molecule has 1 saturated heterocycles. The van der Waals surface area contributed by atoms with Gasteiger partial charge in [0.25, 0.3) is 0 Å². The number of rotatable bonds is 5. The minimum atomic E-state index is 0.297. The number of hydrogen-bond acceptors (Lipinski definition) is 3. The summed E-state index contributed by atoms with van der Waals surface area (Å²) in [6.07, 6.45) is 0.946. The number of morpholine rings is 1. The third kappa shape index (κ3) is 3.74. The van der Waals surface area contributed by atoms with E-state index in [4.69, 9.17) is 9.47 Å². The summed E-state index contributed by atoms with van der Waals surface area (Å²) < 4.78 is 10.7. The van der Waals surface area contributed by atoms with E-state index in [2.05, 4.69) is 53.8 Å². The van der Waals surface area contributed by atoms with Gasteiger partial charge in [0.1, 0.15) is 0 Å². The molecule has 3 heteroatoms. The van der Waals surface area contributed by atoms with Crippen LogP contribution in [0, 0.1) is 0 Å². The van der Waals surface area contributed by atoms with Gasteiger partial charge in [-0.05, 0) is 34.7 Å². The van der Waals surface area contributed by atoms with Crippen LogP contribution in [0.5, 0.6) is 0 Å². The number of hydrogen-bond donors (Lipinski definition) is 1. The molecular weight excluding hydrogens is 274 g/mol. The third-order valence-corrected chi connectivity index (χ3v) is 4.07. The van der Waals surface area contributed by atoms with Crippen LogP contribution >= 0.6 is 0 Å². The predicted octanol–water partition coefficient (Wildman–Crippen LogP) is 3.20. The Bertz CT molecular complexity index is 606. The summed E-state index contributed by atoms with van der Waals surface area (Å²) in [7, 11) is 1.74. The highest BCUT2D eigenvalue weighted by Gasteiger charge is 2.15. The van der Waals surface area contributed by atoms with Crippen molar-refractivity contribution in [2.75, 3.05) is 33.5 Å². The van der Waals surface area contributed by atoms with E-state index in [-0.39, 0.29) is 0 Å². The summed E-state index contributed by atoms with van der Waals surface area (Å²) in [5, 5.41) is 3.51. The molecule has 0 bridgehead atoms. The monoisotopic (exact) mass is 297 g/mol. The molecule has 0 aliphatic carbocycles. The van der Waals surface area contributed by atoms with Crippen LogP contribution in [0.15, 0.2) is 48.5 Å². The molecule has 1 aliphatic rings. The zero-order valence-electron chi connectivity index (χ0n) is 13.0. The lowest BCUT2D eigenvalue weighted by Gasteiger charge is -2.24. The zero-order chi connectivity index (χ0) is 15.2. The van der Waals surface area contributed by atoms with Crippen LogP contribution in [0.3, 0.4) is 0 Å². The second kappa shape index (κ2) is 7.54. The molecule has 2 aromatic carbocycles. The minimum absolute atomic E-state index is 0.297. The molecule has 1 aliphatic heterocycles. The lowest BCUT2D eigenvalue weighted by atomic mass is 9.97. The molecule has 0 aromatic heterocycles. The topological polar surface area (TPSA) is 30.5 Å². The summed E-state index contributed by atoms with van der Waals surface area (Å²) in [6, 6.07) is 17.7. The summed E-state index contributed by atoms with van der Waals surface area (Å²) >= 11 is 0. The van der Waals surface area contributed by atoms with Crippen LogP contribution < -0.4 is 5.32 Å². The van der Waals surface area contributed by atoms with Crippen LogP contribution in [0.2, 0.25) is 0 Å². The Labute approximate surface area is 132 Å². The molecule has 1 N–H and O–H groups in total. The van der Waals surface area contributed by atoms with Crippen LogP contribution in [0.4, 0.5) is 0 Å². The first-order chi connectivity index (χ1) is 10.9.